The van der Waals surface area contributed by atoms with Gasteiger partial charge in [0.25, 0.3) is 0 Å². The lowest BCUT2D eigenvalue weighted by atomic mass is 9.71. The van der Waals surface area contributed by atoms with Gasteiger partial charge in [-0.1, -0.05) is 0 Å². The molecule has 2 bridgehead atoms. The fourth-order valence-electron chi connectivity index (χ4n) is 3.47. The van der Waals surface area contributed by atoms with Crippen LogP contribution in [0.3, 0.4) is 0 Å². The summed E-state index contributed by atoms with van der Waals surface area (Å²) < 4.78 is 4.89. The summed E-state index contributed by atoms with van der Waals surface area (Å²) in [6.07, 6.45) is 3.27. The Bertz CT molecular complexity index is 254. The van der Waals surface area contributed by atoms with Crippen molar-refractivity contribution in [2.45, 2.75) is 26.2 Å². The second-order valence-electron chi connectivity index (χ2n) is 5.04. The number of nitrogens with two attached hydrogens (primary N) is 1. The van der Waals surface area contributed by atoms with Gasteiger partial charge in [0.1, 0.15) is 0 Å². The van der Waals surface area contributed by atoms with Gasteiger partial charge < -0.3 is 10.5 Å². The van der Waals surface area contributed by atoms with Crippen LogP contribution in [0.5, 0.6) is 0 Å². The van der Waals surface area contributed by atoms with Gasteiger partial charge in [-0.25, -0.2) is 0 Å². The van der Waals surface area contributed by atoms with Crippen LogP contribution in [0.15, 0.2) is 0 Å². The van der Waals surface area contributed by atoms with E-state index in [0.29, 0.717) is 17.8 Å². The summed E-state index contributed by atoms with van der Waals surface area (Å²) >= 11 is 0. The number of carbonyl (C=O) groups excluding carboxylic acids is 1. The molecule has 80 valence electrons. The summed E-state index contributed by atoms with van der Waals surface area (Å²) in [5.41, 5.74) is 5.48. The molecule has 4 atom stereocenters. The van der Waals surface area contributed by atoms with Crippen molar-refractivity contribution in [3.63, 3.8) is 0 Å². The normalized spacial score (nSPS) is 45.5. The lowest BCUT2D eigenvalue weighted by Crippen LogP contribution is -2.37. The van der Waals surface area contributed by atoms with E-state index in [1.165, 1.54) is 13.5 Å². The van der Waals surface area contributed by atoms with Crippen LogP contribution in [0.4, 0.5) is 0 Å². The molecule has 3 heteroatoms. The van der Waals surface area contributed by atoms with Crippen molar-refractivity contribution in [2.75, 3.05) is 13.7 Å². The predicted molar refractivity (Wildman–Crippen MR) is 53.5 cm³/mol. The molecule has 4 unspecified atom stereocenters. The molecule has 3 nitrogen and oxygen atoms in total. The Hall–Kier alpha value is -0.570. The second-order valence-corrected chi connectivity index (χ2v) is 5.04. The summed E-state index contributed by atoms with van der Waals surface area (Å²) in [6.45, 7) is 2.83. The summed E-state index contributed by atoms with van der Waals surface area (Å²) in [5, 5.41) is 0. The van der Waals surface area contributed by atoms with Crippen LogP contribution in [0.1, 0.15) is 26.2 Å². The minimum atomic E-state index is -0.217. The Balaban J connectivity index is 2.12. The zero-order valence-corrected chi connectivity index (χ0v) is 8.95. The van der Waals surface area contributed by atoms with Crippen LogP contribution in [0.25, 0.3) is 0 Å². The van der Waals surface area contributed by atoms with Crippen LogP contribution in [-0.2, 0) is 9.53 Å². The van der Waals surface area contributed by atoms with E-state index in [4.69, 9.17) is 10.5 Å². The standard InChI is InChI=1S/C11H19NO2/c1-11(10(13)14-2)5-7-3-9(11)4-8(7)6-12/h7-9H,3-6,12H2,1-2H3. The Labute approximate surface area is 85.0 Å². The highest BCUT2D eigenvalue weighted by molar-refractivity contribution is 5.77. The first kappa shape index (κ1) is 9.97. The van der Waals surface area contributed by atoms with Gasteiger partial charge >= 0.3 is 5.97 Å². The van der Waals surface area contributed by atoms with E-state index in [9.17, 15) is 4.79 Å². The predicted octanol–water partition coefficient (Wildman–Crippen LogP) is 1.17. The van der Waals surface area contributed by atoms with Crippen molar-refractivity contribution in [1.29, 1.82) is 0 Å². The van der Waals surface area contributed by atoms with Crippen LogP contribution in [0.2, 0.25) is 0 Å². The number of rotatable bonds is 2. The highest BCUT2D eigenvalue weighted by Gasteiger charge is 2.56. The van der Waals surface area contributed by atoms with E-state index >= 15 is 0 Å². The first-order valence-corrected chi connectivity index (χ1v) is 5.40. The average Bonchev–Trinajstić information content (AvgIpc) is 2.73. The minimum Gasteiger partial charge on any atom is -0.469 e. The van der Waals surface area contributed by atoms with Crippen molar-refractivity contribution in [3.05, 3.63) is 0 Å². The van der Waals surface area contributed by atoms with Crippen LogP contribution < -0.4 is 5.73 Å². The van der Waals surface area contributed by atoms with Crippen LogP contribution >= 0.6 is 0 Å². The Morgan fingerprint density at radius 2 is 2.29 bits per heavy atom. The van der Waals surface area contributed by atoms with E-state index in [2.05, 4.69) is 6.92 Å². The molecule has 2 fully saturated rings. The molecule has 0 heterocycles. The van der Waals surface area contributed by atoms with Crippen molar-refractivity contribution >= 4 is 5.97 Å². The third-order valence-corrected chi connectivity index (χ3v) is 4.38. The smallest absolute Gasteiger partial charge is 0.311 e. The molecule has 2 aliphatic rings. The second kappa shape index (κ2) is 3.23. The van der Waals surface area contributed by atoms with Crippen molar-refractivity contribution < 1.29 is 9.53 Å². The zero-order chi connectivity index (χ0) is 10.3. The van der Waals surface area contributed by atoms with Gasteiger partial charge in [0, 0.05) is 0 Å². The first-order valence-electron chi connectivity index (χ1n) is 5.40. The molecule has 2 N–H and O–H groups in total. The molecule has 0 aromatic rings. The van der Waals surface area contributed by atoms with E-state index < -0.39 is 0 Å². The quantitative estimate of drug-likeness (QED) is 0.676. The van der Waals surface area contributed by atoms with E-state index in [1.807, 2.05) is 0 Å². The molecule has 0 aliphatic heterocycles. The van der Waals surface area contributed by atoms with Gasteiger partial charge in [-0.15, -0.1) is 0 Å². The Kier molecular flexibility index (Phi) is 2.30. The van der Waals surface area contributed by atoms with Gasteiger partial charge in [-0.3, -0.25) is 4.79 Å². The molecular weight excluding hydrogens is 178 g/mol. The lowest BCUT2D eigenvalue weighted by molar-refractivity contribution is -0.155. The fourth-order valence-corrected chi connectivity index (χ4v) is 3.47. The number of ether oxygens (including phenoxy) is 1. The van der Waals surface area contributed by atoms with Gasteiger partial charge in [0.15, 0.2) is 0 Å². The maximum Gasteiger partial charge on any atom is 0.311 e. The van der Waals surface area contributed by atoms with Crippen molar-refractivity contribution in [1.82, 2.24) is 0 Å². The van der Waals surface area contributed by atoms with E-state index in [0.717, 1.165) is 19.4 Å². The number of hydrogen-bond acceptors (Lipinski definition) is 3. The molecule has 0 spiro atoms. The lowest BCUT2D eigenvalue weighted by Gasteiger charge is -2.34. The number of hydrogen-bond donors (Lipinski definition) is 1. The highest BCUT2D eigenvalue weighted by atomic mass is 16.5. The largest absolute Gasteiger partial charge is 0.469 e. The number of carbonyl (C=O) groups is 1. The topological polar surface area (TPSA) is 52.3 Å². The maximum atomic E-state index is 11.7. The molecule has 0 amide bonds. The number of esters is 1. The molecule has 0 aromatic heterocycles. The van der Waals surface area contributed by atoms with Crippen LogP contribution in [0, 0.1) is 23.2 Å². The zero-order valence-electron chi connectivity index (χ0n) is 8.95. The Morgan fingerprint density at radius 3 is 2.71 bits per heavy atom. The van der Waals surface area contributed by atoms with Gasteiger partial charge in [0.2, 0.25) is 0 Å². The Morgan fingerprint density at radius 1 is 1.57 bits per heavy atom. The summed E-state index contributed by atoms with van der Waals surface area (Å²) in [5.74, 6) is 1.79. The SMILES string of the molecule is COC(=O)C1(C)CC2CC1CC2CN. The molecule has 0 radical (unpaired) electrons. The third-order valence-electron chi connectivity index (χ3n) is 4.38. The van der Waals surface area contributed by atoms with Crippen molar-refractivity contribution in [3.8, 4) is 0 Å². The van der Waals surface area contributed by atoms with Gasteiger partial charge in [-0.2, -0.15) is 0 Å². The highest BCUT2D eigenvalue weighted by Crippen LogP contribution is 2.58. The van der Waals surface area contributed by atoms with E-state index in [-0.39, 0.29) is 11.4 Å². The average molecular weight is 197 g/mol. The van der Waals surface area contributed by atoms with E-state index in [1.54, 1.807) is 0 Å². The first-order chi connectivity index (χ1) is 6.61. The minimum absolute atomic E-state index is 0.0273. The molecule has 2 aliphatic carbocycles. The van der Waals surface area contributed by atoms with Gasteiger partial charge in [-0.05, 0) is 50.5 Å². The molecular formula is C11H19NO2. The summed E-state index contributed by atoms with van der Waals surface area (Å²) in [7, 11) is 1.49. The van der Waals surface area contributed by atoms with Gasteiger partial charge in [0.05, 0.1) is 12.5 Å². The fraction of sp³-hybridized carbons (Fsp3) is 0.909. The summed E-state index contributed by atoms with van der Waals surface area (Å²) in [4.78, 5) is 11.7. The van der Waals surface area contributed by atoms with Crippen molar-refractivity contribution in [2.24, 2.45) is 28.9 Å². The maximum absolute atomic E-state index is 11.7. The monoisotopic (exact) mass is 197 g/mol. The molecule has 2 rings (SSSR count). The molecule has 14 heavy (non-hydrogen) atoms. The molecule has 0 aromatic carbocycles. The summed E-state index contributed by atoms with van der Waals surface area (Å²) in [6, 6.07) is 0. The van der Waals surface area contributed by atoms with Crippen LogP contribution in [-0.4, -0.2) is 19.6 Å². The molecule has 2 saturated carbocycles. The third kappa shape index (κ3) is 1.18. The molecule has 0 saturated heterocycles. The number of fused-ring (bicyclic) bond motifs is 2. The number of methoxy groups -OCH3 is 1.